The summed E-state index contributed by atoms with van der Waals surface area (Å²) in [6, 6.07) is 8.84. The van der Waals surface area contributed by atoms with E-state index >= 15 is 0 Å². The number of benzene rings is 1. The molecule has 0 saturated carbocycles. The topological polar surface area (TPSA) is 71.4 Å². The molecule has 1 N–H and O–H groups in total. The molecule has 0 bridgehead atoms. The Kier molecular flexibility index (Phi) is 6.85. The number of rotatable bonds is 7. The summed E-state index contributed by atoms with van der Waals surface area (Å²) in [6.07, 6.45) is 6.38. The van der Waals surface area contributed by atoms with Crippen molar-refractivity contribution in [2.24, 2.45) is 5.92 Å². The van der Waals surface area contributed by atoms with Crippen molar-refractivity contribution in [2.75, 3.05) is 19.6 Å². The minimum atomic E-state index is -0.0370. The molecule has 3 rings (SSSR count). The Morgan fingerprint density at radius 1 is 1.11 bits per heavy atom. The van der Waals surface area contributed by atoms with Crippen molar-refractivity contribution in [3.63, 3.8) is 0 Å². The number of para-hydroxylation sites is 1. The van der Waals surface area contributed by atoms with E-state index in [1.165, 1.54) is 6.07 Å². The lowest BCUT2D eigenvalue weighted by Gasteiger charge is -2.31. The zero-order valence-electron chi connectivity index (χ0n) is 16.5. The van der Waals surface area contributed by atoms with Crippen molar-refractivity contribution in [3.05, 3.63) is 46.8 Å². The van der Waals surface area contributed by atoms with Gasteiger partial charge in [-0.25, -0.2) is 0 Å². The van der Waals surface area contributed by atoms with Gasteiger partial charge in [-0.2, -0.15) is 0 Å². The second kappa shape index (κ2) is 9.53. The van der Waals surface area contributed by atoms with Gasteiger partial charge in [-0.05, 0) is 31.4 Å². The molecule has 28 heavy (non-hydrogen) atoms. The lowest BCUT2D eigenvalue weighted by molar-refractivity contribution is -0.136. The van der Waals surface area contributed by atoms with Gasteiger partial charge in [0.2, 0.25) is 11.8 Å². The van der Waals surface area contributed by atoms with Crippen molar-refractivity contribution in [1.82, 2.24) is 14.8 Å². The Morgan fingerprint density at radius 3 is 2.61 bits per heavy atom. The molecule has 2 amide bonds. The molecule has 1 fully saturated rings. The molecule has 6 heteroatoms. The van der Waals surface area contributed by atoms with Crippen LogP contribution >= 0.6 is 0 Å². The third-order valence-electron chi connectivity index (χ3n) is 5.49. The van der Waals surface area contributed by atoms with Gasteiger partial charge < -0.3 is 14.8 Å². The van der Waals surface area contributed by atoms with Gasteiger partial charge in [-0.1, -0.05) is 31.9 Å². The average molecular weight is 383 g/mol. The lowest BCUT2D eigenvalue weighted by atomic mass is 9.95. The quantitative estimate of drug-likeness (QED) is 0.747. The Labute approximate surface area is 165 Å². The maximum absolute atomic E-state index is 12.7. The molecule has 1 aliphatic heterocycles. The van der Waals surface area contributed by atoms with Crippen LogP contribution in [0.25, 0.3) is 10.9 Å². The second-order valence-electron chi connectivity index (χ2n) is 7.48. The number of carbonyl (C=O) groups is 2. The van der Waals surface area contributed by atoms with Crippen LogP contribution in [0.15, 0.2) is 41.3 Å². The molecule has 1 saturated heterocycles. The highest BCUT2D eigenvalue weighted by atomic mass is 16.2. The Balaban J connectivity index is 1.54. The number of piperidine rings is 1. The van der Waals surface area contributed by atoms with Crippen LogP contribution in [0.3, 0.4) is 0 Å². The number of hydrogen-bond acceptors (Lipinski definition) is 3. The standard InChI is InChI=1S/C22H29N3O3/c1-2-3-6-12-23-22(28)17-9-13-24(14-10-17)21(27)16-25-15-11-20(26)18-7-4-5-8-19(18)25/h4-5,7-8,11,15,17H,2-3,6,9-10,12-14,16H2,1H3,(H,23,28). The summed E-state index contributed by atoms with van der Waals surface area (Å²) in [5.41, 5.74) is 0.731. The fraction of sp³-hybridized carbons (Fsp3) is 0.500. The Morgan fingerprint density at radius 2 is 1.86 bits per heavy atom. The maximum Gasteiger partial charge on any atom is 0.242 e. The van der Waals surface area contributed by atoms with Crippen molar-refractivity contribution >= 4 is 22.7 Å². The van der Waals surface area contributed by atoms with E-state index in [2.05, 4.69) is 12.2 Å². The van der Waals surface area contributed by atoms with Gasteiger partial charge >= 0.3 is 0 Å². The molecule has 0 atom stereocenters. The molecule has 2 aromatic rings. The van der Waals surface area contributed by atoms with Crippen LogP contribution in [-0.4, -0.2) is 40.9 Å². The van der Waals surface area contributed by atoms with Gasteiger partial charge in [0, 0.05) is 43.2 Å². The summed E-state index contributed by atoms with van der Waals surface area (Å²) < 4.78 is 1.82. The minimum Gasteiger partial charge on any atom is -0.356 e. The number of likely N-dealkylation sites (tertiary alicyclic amines) is 1. The van der Waals surface area contributed by atoms with E-state index in [4.69, 9.17) is 0 Å². The highest BCUT2D eigenvalue weighted by Crippen LogP contribution is 2.18. The molecule has 1 aromatic carbocycles. The number of hydrogen-bond donors (Lipinski definition) is 1. The largest absolute Gasteiger partial charge is 0.356 e. The first kappa shape index (κ1) is 20.1. The van der Waals surface area contributed by atoms with E-state index in [1.807, 2.05) is 27.7 Å². The molecule has 1 aliphatic rings. The molecule has 150 valence electrons. The van der Waals surface area contributed by atoms with Crippen molar-refractivity contribution in [3.8, 4) is 0 Å². The van der Waals surface area contributed by atoms with E-state index in [0.29, 0.717) is 31.3 Å². The van der Waals surface area contributed by atoms with Gasteiger partial charge in [-0.3, -0.25) is 14.4 Å². The van der Waals surface area contributed by atoms with E-state index in [1.54, 1.807) is 12.3 Å². The average Bonchev–Trinajstić information content (AvgIpc) is 2.73. The number of carbonyl (C=O) groups excluding carboxylic acids is 2. The van der Waals surface area contributed by atoms with Gasteiger partial charge in [0.25, 0.3) is 0 Å². The summed E-state index contributed by atoms with van der Waals surface area (Å²) in [6.45, 7) is 4.29. The smallest absolute Gasteiger partial charge is 0.242 e. The van der Waals surface area contributed by atoms with Gasteiger partial charge in [0.05, 0.1) is 5.52 Å². The van der Waals surface area contributed by atoms with Crippen LogP contribution in [0.5, 0.6) is 0 Å². The first-order valence-corrected chi connectivity index (χ1v) is 10.2. The number of amides is 2. The summed E-state index contributed by atoms with van der Waals surface area (Å²) in [7, 11) is 0. The van der Waals surface area contributed by atoms with E-state index < -0.39 is 0 Å². The van der Waals surface area contributed by atoms with Crippen LogP contribution in [0, 0.1) is 5.92 Å². The SMILES string of the molecule is CCCCCNC(=O)C1CCN(C(=O)Cn2ccc(=O)c3ccccc32)CC1. The number of aromatic nitrogens is 1. The Bertz CT molecular complexity index is 882. The maximum atomic E-state index is 12.7. The third-order valence-corrected chi connectivity index (χ3v) is 5.49. The number of fused-ring (bicyclic) bond motifs is 1. The van der Waals surface area contributed by atoms with Gasteiger partial charge in [-0.15, -0.1) is 0 Å². The molecule has 1 aromatic heterocycles. The predicted octanol–water partition coefficient (Wildman–Crippen LogP) is 2.55. The summed E-state index contributed by atoms with van der Waals surface area (Å²) in [5.74, 6) is 0.143. The highest BCUT2D eigenvalue weighted by Gasteiger charge is 2.27. The number of nitrogens with zero attached hydrogens (tertiary/aromatic N) is 2. The first-order chi connectivity index (χ1) is 13.6. The molecular weight excluding hydrogens is 354 g/mol. The molecule has 0 aliphatic carbocycles. The van der Waals surface area contributed by atoms with Crippen LogP contribution in [0.1, 0.15) is 39.0 Å². The molecule has 0 radical (unpaired) electrons. The predicted molar refractivity (Wildman–Crippen MR) is 110 cm³/mol. The molecule has 2 heterocycles. The van der Waals surface area contributed by atoms with Crippen molar-refractivity contribution in [1.29, 1.82) is 0 Å². The van der Waals surface area contributed by atoms with Crippen LogP contribution in [-0.2, 0) is 16.1 Å². The van der Waals surface area contributed by atoms with Crippen LogP contribution in [0.4, 0.5) is 0 Å². The van der Waals surface area contributed by atoms with Gasteiger partial charge in [0.15, 0.2) is 5.43 Å². The fourth-order valence-corrected chi connectivity index (χ4v) is 3.77. The summed E-state index contributed by atoms with van der Waals surface area (Å²) >= 11 is 0. The van der Waals surface area contributed by atoms with Crippen molar-refractivity contribution in [2.45, 2.75) is 45.6 Å². The number of pyridine rings is 1. The fourth-order valence-electron chi connectivity index (χ4n) is 3.77. The van der Waals surface area contributed by atoms with Crippen LogP contribution in [0.2, 0.25) is 0 Å². The Hall–Kier alpha value is -2.63. The summed E-state index contributed by atoms with van der Waals surface area (Å²) in [5, 5.41) is 3.64. The molecule has 0 spiro atoms. The zero-order chi connectivity index (χ0) is 19.9. The number of unbranched alkanes of at least 4 members (excludes halogenated alkanes) is 2. The van der Waals surface area contributed by atoms with E-state index in [-0.39, 0.29) is 29.7 Å². The second-order valence-corrected chi connectivity index (χ2v) is 7.48. The van der Waals surface area contributed by atoms with E-state index in [9.17, 15) is 14.4 Å². The summed E-state index contributed by atoms with van der Waals surface area (Å²) in [4.78, 5) is 38.8. The monoisotopic (exact) mass is 383 g/mol. The zero-order valence-corrected chi connectivity index (χ0v) is 16.5. The molecule has 6 nitrogen and oxygen atoms in total. The minimum absolute atomic E-state index is 0.00101. The van der Waals surface area contributed by atoms with Crippen LogP contribution < -0.4 is 10.7 Å². The van der Waals surface area contributed by atoms with Crippen molar-refractivity contribution < 1.29 is 9.59 Å². The molecular formula is C22H29N3O3. The number of nitrogens with one attached hydrogen (secondary N) is 1. The first-order valence-electron chi connectivity index (χ1n) is 10.2. The third kappa shape index (κ3) is 4.80. The van der Waals surface area contributed by atoms with E-state index in [0.717, 1.165) is 31.3 Å². The highest BCUT2D eigenvalue weighted by molar-refractivity contribution is 5.83. The lowest BCUT2D eigenvalue weighted by Crippen LogP contribution is -2.44. The normalized spacial score (nSPS) is 15.0. The molecule has 0 unspecified atom stereocenters. The van der Waals surface area contributed by atoms with Gasteiger partial charge in [0.1, 0.15) is 6.54 Å².